The zero-order valence-corrected chi connectivity index (χ0v) is 11.4. The number of piperidine rings is 1. The van der Waals surface area contributed by atoms with E-state index in [-0.39, 0.29) is 0 Å². The maximum atomic E-state index is 13.1. The molecule has 0 saturated carbocycles. The van der Waals surface area contributed by atoms with Gasteiger partial charge in [-0.2, -0.15) is 0 Å². The standard InChI is InChI=1S/C13H16BrF2N/c1-9-4-5-17(8-11(9)14)7-10-2-3-12(15)13(16)6-10/h2-3,6,9,11H,4-5,7-8H2,1H3. The van der Waals surface area contributed by atoms with Gasteiger partial charge in [0.1, 0.15) is 0 Å². The number of alkyl halides is 1. The molecule has 1 saturated heterocycles. The van der Waals surface area contributed by atoms with Crippen molar-refractivity contribution in [3.63, 3.8) is 0 Å². The van der Waals surface area contributed by atoms with Crippen molar-refractivity contribution >= 4 is 15.9 Å². The predicted molar refractivity (Wildman–Crippen MR) is 68.1 cm³/mol. The van der Waals surface area contributed by atoms with Crippen LogP contribution in [0.1, 0.15) is 18.9 Å². The van der Waals surface area contributed by atoms with Crippen LogP contribution in [0.3, 0.4) is 0 Å². The number of likely N-dealkylation sites (tertiary alicyclic amines) is 1. The number of hydrogen-bond donors (Lipinski definition) is 0. The van der Waals surface area contributed by atoms with Crippen molar-refractivity contribution in [1.82, 2.24) is 4.90 Å². The number of benzene rings is 1. The summed E-state index contributed by atoms with van der Waals surface area (Å²) in [5.74, 6) is -0.862. The van der Waals surface area contributed by atoms with E-state index in [0.29, 0.717) is 17.3 Å². The molecule has 4 heteroatoms. The molecule has 0 bridgehead atoms. The average molecular weight is 304 g/mol. The van der Waals surface area contributed by atoms with Crippen molar-refractivity contribution in [2.75, 3.05) is 13.1 Å². The van der Waals surface area contributed by atoms with E-state index in [0.717, 1.165) is 25.1 Å². The van der Waals surface area contributed by atoms with Gasteiger partial charge in [0.25, 0.3) is 0 Å². The second-order valence-corrected chi connectivity index (χ2v) is 5.94. The molecule has 0 aromatic heterocycles. The van der Waals surface area contributed by atoms with Crippen LogP contribution < -0.4 is 0 Å². The summed E-state index contributed by atoms with van der Waals surface area (Å²) in [6.45, 7) is 4.89. The molecule has 1 aromatic rings. The maximum absolute atomic E-state index is 13.1. The number of rotatable bonds is 2. The lowest BCUT2D eigenvalue weighted by Gasteiger charge is -2.34. The highest BCUT2D eigenvalue weighted by molar-refractivity contribution is 9.09. The molecule has 0 aliphatic carbocycles. The Hall–Kier alpha value is -0.480. The Kier molecular flexibility index (Phi) is 4.15. The number of halogens is 3. The van der Waals surface area contributed by atoms with Gasteiger partial charge in [-0.15, -0.1) is 0 Å². The first-order chi connectivity index (χ1) is 8.06. The van der Waals surface area contributed by atoms with Crippen LogP contribution in [-0.2, 0) is 6.54 Å². The van der Waals surface area contributed by atoms with E-state index in [4.69, 9.17) is 0 Å². The van der Waals surface area contributed by atoms with E-state index in [1.54, 1.807) is 6.07 Å². The highest BCUT2D eigenvalue weighted by Crippen LogP contribution is 2.24. The Morgan fingerprint density at radius 3 is 2.76 bits per heavy atom. The first-order valence-corrected chi connectivity index (χ1v) is 6.78. The molecule has 1 fully saturated rings. The third-order valence-corrected chi connectivity index (χ3v) is 4.53. The summed E-state index contributed by atoms with van der Waals surface area (Å²) in [4.78, 5) is 2.76. The largest absolute Gasteiger partial charge is 0.298 e. The van der Waals surface area contributed by atoms with Crippen molar-refractivity contribution in [2.45, 2.75) is 24.7 Å². The summed E-state index contributed by atoms with van der Waals surface area (Å²) in [6, 6.07) is 4.14. The fourth-order valence-electron chi connectivity index (χ4n) is 2.12. The van der Waals surface area contributed by atoms with Crippen molar-refractivity contribution in [3.05, 3.63) is 35.4 Å². The Morgan fingerprint density at radius 2 is 2.12 bits per heavy atom. The third-order valence-electron chi connectivity index (χ3n) is 3.34. The fraction of sp³-hybridized carbons (Fsp3) is 0.538. The van der Waals surface area contributed by atoms with Crippen LogP contribution >= 0.6 is 15.9 Å². The molecular weight excluding hydrogens is 288 g/mol. The van der Waals surface area contributed by atoms with Crippen molar-refractivity contribution in [1.29, 1.82) is 0 Å². The molecule has 0 N–H and O–H groups in total. The topological polar surface area (TPSA) is 3.24 Å². The summed E-state index contributed by atoms with van der Waals surface area (Å²) in [6.07, 6.45) is 1.14. The molecule has 17 heavy (non-hydrogen) atoms. The molecular formula is C13H16BrF2N. The van der Waals surface area contributed by atoms with E-state index in [1.165, 1.54) is 12.1 Å². The summed E-state index contributed by atoms with van der Waals surface area (Å²) in [5.41, 5.74) is 0.832. The third kappa shape index (κ3) is 3.26. The first kappa shape index (κ1) is 13.0. The van der Waals surface area contributed by atoms with Gasteiger partial charge in [-0.3, -0.25) is 4.90 Å². The Labute approximate surface area is 109 Å². The second kappa shape index (κ2) is 5.44. The molecule has 2 atom stereocenters. The van der Waals surface area contributed by atoms with E-state index in [1.807, 2.05) is 0 Å². The SMILES string of the molecule is CC1CCN(Cc2ccc(F)c(F)c2)CC1Br. The van der Waals surface area contributed by atoms with Gasteiger partial charge in [0.2, 0.25) is 0 Å². The van der Waals surface area contributed by atoms with Crippen LogP contribution in [0.4, 0.5) is 8.78 Å². The molecule has 1 nitrogen and oxygen atoms in total. The smallest absolute Gasteiger partial charge is 0.159 e. The summed E-state index contributed by atoms with van der Waals surface area (Å²) < 4.78 is 25.9. The molecule has 0 amide bonds. The minimum absolute atomic E-state index is 0.488. The van der Waals surface area contributed by atoms with Crippen molar-refractivity contribution in [2.24, 2.45) is 5.92 Å². The van der Waals surface area contributed by atoms with Gasteiger partial charge < -0.3 is 0 Å². The maximum Gasteiger partial charge on any atom is 0.159 e. The van der Waals surface area contributed by atoms with E-state index >= 15 is 0 Å². The van der Waals surface area contributed by atoms with E-state index in [2.05, 4.69) is 27.8 Å². The molecule has 1 aliphatic heterocycles. The lowest BCUT2D eigenvalue weighted by Crippen LogP contribution is -2.39. The van der Waals surface area contributed by atoms with Crippen LogP contribution in [0, 0.1) is 17.6 Å². The molecule has 0 spiro atoms. The zero-order valence-electron chi connectivity index (χ0n) is 9.80. The quantitative estimate of drug-likeness (QED) is 0.755. The van der Waals surface area contributed by atoms with Crippen LogP contribution in [0.15, 0.2) is 18.2 Å². The summed E-state index contributed by atoms with van der Waals surface area (Å²) >= 11 is 3.66. The van der Waals surface area contributed by atoms with E-state index < -0.39 is 11.6 Å². The van der Waals surface area contributed by atoms with Crippen LogP contribution in [0.25, 0.3) is 0 Å². The molecule has 0 radical (unpaired) electrons. The molecule has 1 aliphatic rings. The minimum Gasteiger partial charge on any atom is -0.298 e. The summed E-state index contributed by atoms with van der Waals surface area (Å²) in [7, 11) is 0. The van der Waals surface area contributed by atoms with Gasteiger partial charge in [0.15, 0.2) is 11.6 Å². The minimum atomic E-state index is -0.778. The van der Waals surface area contributed by atoms with Gasteiger partial charge >= 0.3 is 0 Å². The molecule has 1 aromatic carbocycles. The van der Waals surface area contributed by atoms with E-state index in [9.17, 15) is 8.78 Å². The monoisotopic (exact) mass is 303 g/mol. The normalized spacial score (nSPS) is 26.1. The second-order valence-electron chi connectivity index (χ2n) is 4.77. The Morgan fingerprint density at radius 1 is 1.35 bits per heavy atom. The fourth-order valence-corrected chi connectivity index (χ4v) is 2.80. The van der Waals surface area contributed by atoms with Crippen LogP contribution in [0.2, 0.25) is 0 Å². The zero-order chi connectivity index (χ0) is 12.4. The van der Waals surface area contributed by atoms with Crippen LogP contribution in [-0.4, -0.2) is 22.8 Å². The van der Waals surface area contributed by atoms with Gasteiger partial charge in [0, 0.05) is 17.9 Å². The lowest BCUT2D eigenvalue weighted by atomic mass is 9.98. The Bertz CT molecular complexity index is 397. The van der Waals surface area contributed by atoms with Gasteiger partial charge in [-0.05, 0) is 36.6 Å². The highest BCUT2D eigenvalue weighted by atomic mass is 79.9. The Balaban J connectivity index is 1.99. The molecule has 94 valence electrons. The van der Waals surface area contributed by atoms with Gasteiger partial charge in [-0.1, -0.05) is 28.9 Å². The highest BCUT2D eigenvalue weighted by Gasteiger charge is 2.23. The first-order valence-electron chi connectivity index (χ1n) is 5.86. The van der Waals surface area contributed by atoms with Crippen LogP contribution in [0.5, 0.6) is 0 Å². The number of nitrogens with zero attached hydrogens (tertiary/aromatic N) is 1. The van der Waals surface area contributed by atoms with Gasteiger partial charge in [-0.25, -0.2) is 8.78 Å². The average Bonchev–Trinajstić information content (AvgIpc) is 2.29. The summed E-state index contributed by atoms with van der Waals surface area (Å²) in [5, 5.41) is 0. The predicted octanol–water partition coefficient (Wildman–Crippen LogP) is 3.57. The molecule has 2 unspecified atom stereocenters. The molecule has 2 rings (SSSR count). The van der Waals surface area contributed by atoms with Gasteiger partial charge in [0.05, 0.1) is 0 Å². The lowest BCUT2D eigenvalue weighted by molar-refractivity contribution is 0.193. The number of hydrogen-bond acceptors (Lipinski definition) is 1. The van der Waals surface area contributed by atoms with Crippen molar-refractivity contribution in [3.8, 4) is 0 Å². The molecule has 1 heterocycles. The van der Waals surface area contributed by atoms with Crippen molar-refractivity contribution < 1.29 is 8.78 Å².